The molecule has 2 unspecified atom stereocenters. The number of hydrogen-bond donors (Lipinski definition) is 1. The molecule has 0 saturated carbocycles. The maximum Gasteiger partial charge on any atom is 0.0634 e. The molecule has 0 radical (unpaired) electrons. The molecule has 1 aliphatic rings. The van der Waals surface area contributed by atoms with Crippen LogP contribution in [0.2, 0.25) is 5.02 Å². The molecule has 1 aromatic rings. The summed E-state index contributed by atoms with van der Waals surface area (Å²) in [6, 6.07) is 2.60. The number of nitrogens with one attached hydrogen (secondary N) is 1. The minimum atomic E-state index is 0.199. The number of aromatic nitrogens is 1. The molecule has 1 aliphatic heterocycles. The van der Waals surface area contributed by atoms with Crippen molar-refractivity contribution in [2.75, 3.05) is 13.1 Å². The predicted molar refractivity (Wildman–Crippen MR) is 80.4 cm³/mol. The van der Waals surface area contributed by atoms with Gasteiger partial charge in [0.15, 0.2) is 0 Å². The van der Waals surface area contributed by atoms with E-state index in [0.29, 0.717) is 6.04 Å². The zero-order valence-electron chi connectivity index (χ0n) is 12.1. The van der Waals surface area contributed by atoms with E-state index in [9.17, 15) is 0 Å². The molecule has 2 rings (SSSR count). The van der Waals surface area contributed by atoms with E-state index in [0.717, 1.165) is 31.1 Å². The van der Waals surface area contributed by atoms with E-state index in [-0.39, 0.29) is 5.54 Å². The van der Waals surface area contributed by atoms with Crippen LogP contribution >= 0.6 is 11.6 Å². The molecule has 106 valence electrons. The molecule has 3 nitrogen and oxygen atoms in total. The molecule has 4 heteroatoms. The van der Waals surface area contributed by atoms with Crippen LogP contribution in [-0.4, -0.2) is 34.6 Å². The second-order valence-electron chi connectivity index (χ2n) is 5.85. The number of pyridine rings is 1. The Morgan fingerprint density at radius 3 is 3.05 bits per heavy atom. The molecule has 0 aromatic carbocycles. The summed E-state index contributed by atoms with van der Waals surface area (Å²) < 4.78 is 0. The first kappa shape index (κ1) is 14.8. The van der Waals surface area contributed by atoms with Crippen molar-refractivity contribution in [3.8, 4) is 0 Å². The smallest absolute Gasteiger partial charge is 0.0634 e. The summed E-state index contributed by atoms with van der Waals surface area (Å²) in [6.45, 7) is 9.92. The fraction of sp³-hybridized carbons (Fsp3) is 0.667. The first-order chi connectivity index (χ1) is 9.04. The van der Waals surface area contributed by atoms with Gasteiger partial charge in [-0.15, -0.1) is 0 Å². The Kier molecular flexibility index (Phi) is 4.82. The summed E-state index contributed by atoms with van der Waals surface area (Å²) in [6.07, 6.45) is 5.87. The van der Waals surface area contributed by atoms with Crippen LogP contribution in [0.1, 0.15) is 39.2 Å². The normalized spacial score (nSPS) is 29.2. The van der Waals surface area contributed by atoms with Gasteiger partial charge in [-0.3, -0.25) is 9.88 Å². The Morgan fingerprint density at radius 2 is 2.37 bits per heavy atom. The Bertz CT molecular complexity index is 424. The molecule has 1 saturated heterocycles. The highest BCUT2D eigenvalue weighted by Crippen LogP contribution is 2.23. The standard InChI is InChI=1S/C15H24ClN3/c1-4-15(3)11-19(12(2)5-8-18-15)10-13-6-7-17-9-14(13)16/h6-7,9,12,18H,4-5,8,10-11H2,1-3H3. The molecule has 1 N–H and O–H groups in total. The summed E-state index contributed by atoms with van der Waals surface area (Å²) in [5.41, 5.74) is 1.37. The van der Waals surface area contributed by atoms with Gasteiger partial charge in [-0.05, 0) is 44.9 Å². The summed E-state index contributed by atoms with van der Waals surface area (Å²) in [4.78, 5) is 6.59. The third-order valence-electron chi connectivity index (χ3n) is 4.30. The van der Waals surface area contributed by atoms with Gasteiger partial charge in [-0.1, -0.05) is 18.5 Å². The molecular formula is C15H24ClN3. The van der Waals surface area contributed by atoms with Gasteiger partial charge in [0.2, 0.25) is 0 Å². The Labute approximate surface area is 121 Å². The van der Waals surface area contributed by atoms with E-state index in [2.05, 4.69) is 36.0 Å². The quantitative estimate of drug-likeness (QED) is 0.923. The average Bonchev–Trinajstić information content (AvgIpc) is 2.53. The second kappa shape index (κ2) is 6.21. The largest absolute Gasteiger partial charge is 0.310 e. The number of hydrogen-bond acceptors (Lipinski definition) is 3. The van der Waals surface area contributed by atoms with E-state index < -0.39 is 0 Å². The average molecular weight is 282 g/mol. The van der Waals surface area contributed by atoms with Crippen molar-refractivity contribution in [3.63, 3.8) is 0 Å². The van der Waals surface area contributed by atoms with Gasteiger partial charge in [-0.2, -0.15) is 0 Å². The maximum absolute atomic E-state index is 6.23. The fourth-order valence-corrected chi connectivity index (χ4v) is 2.80. The lowest BCUT2D eigenvalue weighted by molar-refractivity contribution is 0.163. The number of halogens is 1. The summed E-state index contributed by atoms with van der Waals surface area (Å²) in [5.74, 6) is 0. The van der Waals surface area contributed by atoms with Gasteiger partial charge in [0.1, 0.15) is 0 Å². The van der Waals surface area contributed by atoms with Crippen LogP contribution in [-0.2, 0) is 6.54 Å². The van der Waals surface area contributed by atoms with Crippen LogP contribution in [0, 0.1) is 0 Å². The molecule has 2 heterocycles. The van der Waals surface area contributed by atoms with Crippen molar-refractivity contribution in [1.29, 1.82) is 0 Å². The molecule has 1 aromatic heterocycles. The van der Waals surface area contributed by atoms with Crippen LogP contribution in [0.4, 0.5) is 0 Å². The summed E-state index contributed by atoms with van der Waals surface area (Å²) in [5, 5.41) is 4.45. The van der Waals surface area contributed by atoms with Crippen LogP contribution in [0.3, 0.4) is 0 Å². The first-order valence-corrected chi connectivity index (χ1v) is 7.49. The zero-order chi connectivity index (χ0) is 13.9. The van der Waals surface area contributed by atoms with Gasteiger partial charge < -0.3 is 5.32 Å². The van der Waals surface area contributed by atoms with Gasteiger partial charge in [0.05, 0.1) is 5.02 Å². The molecule has 2 atom stereocenters. The molecular weight excluding hydrogens is 258 g/mol. The van der Waals surface area contributed by atoms with Crippen LogP contribution in [0.25, 0.3) is 0 Å². The highest BCUT2D eigenvalue weighted by Gasteiger charge is 2.30. The van der Waals surface area contributed by atoms with Crippen LogP contribution in [0.15, 0.2) is 18.5 Å². The van der Waals surface area contributed by atoms with E-state index >= 15 is 0 Å². The fourth-order valence-electron chi connectivity index (χ4n) is 2.62. The Morgan fingerprint density at radius 1 is 1.58 bits per heavy atom. The highest BCUT2D eigenvalue weighted by molar-refractivity contribution is 6.31. The molecule has 0 aliphatic carbocycles. The lowest BCUT2D eigenvalue weighted by atomic mass is 9.98. The zero-order valence-corrected chi connectivity index (χ0v) is 12.9. The topological polar surface area (TPSA) is 28.2 Å². The van der Waals surface area contributed by atoms with Crippen molar-refractivity contribution >= 4 is 11.6 Å². The van der Waals surface area contributed by atoms with Crippen molar-refractivity contribution in [1.82, 2.24) is 15.2 Å². The van der Waals surface area contributed by atoms with E-state index in [4.69, 9.17) is 11.6 Å². The lowest BCUT2D eigenvalue weighted by Gasteiger charge is -2.35. The van der Waals surface area contributed by atoms with Crippen LogP contribution in [0.5, 0.6) is 0 Å². The minimum absolute atomic E-state index is 0.199. The third-order valence-corrected chi connectivity index (χ3v) is 4.64. The van der Waals surface area contributed by atoms with Gasteiger partial charge in [0.25, 0.3) is 0 Å². The van der Waals surface area contributed by atoms with Gasteiger partial charge >= 0.3 is 0 Å². The van der Waals surface area contributed by atoms with Crippen molar-refractivity contribution < 1.29 is 0 Å². The molecule has 19 heavy (non-hydrogen) atoms. The molecule has 0 bridgehead atoms. The summed E-state index contributed by atoms with van der Waals surface area (Å²) >= 11 is 6.23. The van der Waals surface area contributed by atoms with Gasteiger partial charge in [-0.25, -0.2) is 0 Å². The number of nitrogens with zero attached hydrogens (tertiary/aromatic N) is 2. The third kappa shape index (κ3) is 3.68. The van der Waals surface area contributed by atoms with Gasteiger partial charge in [0, 0.05) is 37.1 Å². The summed E-state index contributed by atoms with van der Waals surface area (Å²) in [7, 11) is 0. The van der Waals surface area contributed by atoms with Crippen LogP contribution < -0.4 is 5.32 Å². The van der Waals surface area contributed by atoms with Crippen molar-refractivity contribution in [2.24, 2.45) is 0 Å². The lowest BCUT2D eigenvalue weighted by Crippen LogP contribution is -2.49. The van der Waals surface area contributed by atoms with Crippen molar-refractivity contribution in [3.05, 3.63) is 29.0 Å². The molecule has 0 amide bonds. The monoisotopic (exact) mass is 281 g/mol. The Balaban J connectivity index is 2.14. The number of rotatable bonds is 3. The predicted octanol–water partition coefficient (Wildman–Crippen LogP) is 3.09. The maximum atomic E-state index is 6.23. The van der Waals surface area contributed by atoms with E-state index in [1.165, 1.54) is 12.0 Å². The SMILES string of the molecule is CCC1(C)CN(Cc2ccncc2Cl)C(C)CCN1. The Hall–Kier alpha value is -0.640. The molecule has 1 fully saturated rings. The highest BCUT2D eigenvalue weighted by atomic mass is 35.5. The van der Waals surface area contributed by atoms with E-state index in [1.54, 1.807) is 6.20 Å². The van der Waals surface area contributed by atoms with E-state index in [1.807, 2.05) is 12.3 Å². The second-order valence-corrected chi connectivity index (χ2v) is 6.26. The first-order valence-electron chi connectivity index (χ1n) is 7.11. The van der Waals surface area contributed by atoms with Crippen molar-refractivity contribution in [2.45, 2.75) is 51.7 Å². The molecule has 0 spiro atoms. The minimum Gasteiger partial charge on any atom is -0.310 e.